The molecule has 2 N–H and O–H groups in total. The summed E-state index contributed by atoms with van der Waals surface area (Å²) in [6.45, 7) is 4.79. The fraction of sp³-hybridized carbons (Fsp3) is 0.533. The van der Waals surface area contributed by atoms with Crippen LogP contribution in [0.4, 0.5) is 4.39 Å². The van der Waals surface area contributed by atoms with Crippen LogP contribution in [0.3, 0.4) is 0 Å². The Hall–Kier alpha value is -1.58. The molecule has 0 aliphatic rings. The molecule has 1 aromatic carbocycles. The van der Waals surface area contributed by atoms with Crippen molar-refractivity contribution in [2.24, 2.45) is 5.92 Å². The Labute approximate surface area is 113 Å². The number of hydrogen-bond donors (Lipinski definition) is 2. The van der Waals surface area contributed by atoms with Crippen LogP contribution in [0, 0.1) is 11.7 Å². The summed E-state index contributed by atoms with van der Waals surface area (Å²) in [6.07, 6.45) is 4.35. The van der Waals surface area contributed by atoms with E-state index in [2.05, 4.69) is 19.2 Å². The van der Waals surface area contributed by atoms with Crippen molar-refractivity contribution >= 4 is 5.91 Å². The zero-order chi connectivity index (χ0) is 14.3. The smallest absolute Gasteiger partial charge is 0.254 e. The standard InChI is InChI=1S/C15H22FNO2/c1-3-5-6-11(4-2)10-17-15(19)13-8-7-12(18)9-14(13)16/h7-9,11,18H,3-6,10H2,1-2H3,(H,17,19). The van der Waals surface area contributed by atoms with Gasteiger partial charge in [0, 0.05) is 12.6 Å². The zero-order valence-corrected chi connectivity index (χ0v) is 11.6. The maximum absolute atomic E-state index is 13.5. The molecule has 0 fully saturated rings. The van der Waals surface area contributed by atoms with E-state index >= 15 is 0 Å². The van der Waals surface area contributed by atoms with E-state index < -0.39 is 11.7 Å². The molecule has 1 rings (SSSR count). The van der Waals surface area contributed by atoms with Gasteiger partial charge in [0.25, 0.3) is 5.91 Å². The number of carbonyl (C=O) groups is 1. The Morgan fingerprint density at radius 2 is 2.16 bits per heavy atom. The van der Waals surface area contributed by atoms with E-state index in [1.54, 1.807) is 0 Å². The Morgan fingerprint density at radius 3 is 2.74 bits per heavy atom. The first-order chi connectivity index (χ1) is 9.08. The molecule has 1 atom stereocenters. The van der Waals surface area contributed by atoms with Crippen molar-refractivity contribution in [3.8, 4) is 5.75 Å². The summed E-state index contributed by atoms with van der Waals surface area (Å²) in [7, 11) is 0. The van der Waals surface area contributed by atoms with E-state index in [0.717, 1.165) is 31.7 Å². The molecule has 0 saturated heterocycles. The largest absolute Gasteiger partial charge is 0.508 e. The lowest BCUT2D eigenvalue weighted by atomic mass is 9.99. The molecule has 4 heteroatoms. The summed E-state index contributed by atoms with van der Waals surface area (Å²) >= 11 is 0. The van der Waals surface area contributed by atoms with Crippen LogP contribution in [0.25, 0.3) is 0 Å². The normalized spacial score (nSPS) is 12.2. The van der Waals surface area contributed by atoms with Crippen molar-refractivity contribution in [3.05, 3.63) is 29.6 Å². The van der Waals surface area contributed by atoms with Gasteiger partial charge in [-0.15, -0.1) is 0 Å². The Morgan fingerprint density at radius 1 is 1.42 bits per heavy atom. The fourth-order valence-electron chi connectivity index (χ4n) is 1.96. The molecule has 0 radical (unpaired) electrons. The summed E-state index contributed by atoms with van der Waals surface area (Å²) < 4.78 is 13.5. The van der Waals surface area contributed by atoms with Crippen LogP contribution in [0.5, 0.6) is 5.75 Å². The fourth-order valence-corrected chi connectivity index (χ4v) is 1.96. The van der Waals surface area contributed by atoms with Crippen LogP contribution >= 0.6 is 0 Å². The van der Waals surface area contributed by atoms with Crippen molar-refractivity contribution in [2.75, 3.05) is 6.54 Å². The summed E-state index contributed by atoms with van der Waals surface area (Å²) in [5.74, 6) is -0.862. The van der Waals surface area contributed by atoms with Gasteiger partial charge in [-0.25, -0.2) is 4.39 Å². The van der Waals surface area contributed by atoms with Gasteiger partial charge in [-0.3, -0.25) is 4.79 Å². The first-order valence-electron chi connectivity index (χ1n) is 6.85. The van der Waals surface area contributed by atoms with Crippen molar-refractivity contribution in [1.82, 2.24) is 5.32 Å². The highest BCUT2D eigenvalue weighted by atomic mass is 19.1. The Balaban J connectivity index is 2.54. The first kappa shape index (κ1) is 15.5. The number of rotatable bonds is 7. The molecule has 0 saturated carbocycles. The van der Waals surface area contributed by atoms with E-state index in [1.165, 1.54) is 12.1 Å². The molecule has 0 spiro atoms. The zero-order valence-electron chi connectivity index (χ0n) is 11.6. The number of phenols is 1. The third-order valence-corrected chi connectivity index (χ3v) is 3.29. The van der Waals surface area contributed by atoms with Gasteiger partial charge in [-0.05, 0) is 24.5 Å². The van der Waals surface area contributed by atoms with Crippen LogP contribution in [-0.4, -0.2) is 17.6 Å². The molecule has 3 nitrogen and oxygen atoms in total. The number of unbranched alkanes of at least 4 members (excludes halogenated alkanes) is 1. The van der Waals surface area contributed by atoms with Gasteiger partial charge in [0.05, 0.1) is 5.56 Å². The summed E-state index contributed by atoms with van der Waals surface area (Å²) in [5.41, 5.74) is -0.0249. The van der Waals surface area contributed by atoms with Crippen LogP contribution in [0.1, 0.15) is 49.9 Å². The first-order valence-corrected chi connectivity index (χ1v) is 6.85. The number of aromatic hydroxyl groups is 1. The minimum atomic E-state index is -0.695. The van der Waals surface area contributed by atoms with Crippen LogP contribution < -0.4 is 5.32 Å². The molecule has 0 heterocycles. The van der Waals surface area contributed by atoms with Gasteiger partial charge < -0.3 is 10.4 Å². The third-order valence-electron chi connectivity index (χ3n) is 3.29. The second-order valence-corrected chi connectivity index (χ2v) is 4.79. The number of amides is 1. The van der Waals surface area contributed by atoms with Crippen molar-refractivity contribution < 1.29 is 14.3 Å². The minimum absolute atomic E-state index is 0.0249. The van der Waals surface area contributed by atoms with Gasteiger partial charge >= 0.3 is 0 Å². The highest BCUT2D eigenvalue weighted by molar-refractivity contribution is 5.94. The van der Waals surface area contributed by atoms with Gasteiger partial charge in [0.2, 0.25) is 0 Å². The molecule has 1 aromatic rings. The topological polar surface area (TPSA) is 49.3 Å². The summed E-state index contributed by atoms with van der Waals surface area (Å²) in [6, 6.07) is 3.56. The molecule has 106 valence electrons. The van der Waals surface area contributed by atoms with Gasteiger partial charge in [0.1, 0.15) is 11.6 Å². The lowest BCUT2D eigenvalue weighted by molar-refractivity contribution is 0.0941. The second-order valence-electron chi connectivity index (χ2n) is 4.79. The van der Waals surface area contributed by atoms with Gasteiger partial charge in [0.15, 0.2) is 0 Å². The monoisotopic (exact) mass is 267 g/mol. The van der Waals surface area contributed by atoms with E-state index in [4.69, 9.17) is 5.11 Å². The quantitative estimate of drug-likeness (QED) is 0.794. The van der Waals surface area contributed by atoms with Crippen molar-refractivity contribution in [1.29, 1.82) is 0 Å². The van der Waals surface area contributed by atoms with Crippen molar-refractivity contribution in [3.63, 3.8) is 0 Å². The molecule has 0 aliphatic heterocycles. The molecular formula is C15H22FNO2. The van der Waals surface area contributed by atoms with Crippen LogP contribution in [0.15, 0.2) is 18.2 Å². The summed E-state index contributed by atoms with van der Waals surface area (Å²) in [4.78, 5) is 11.8. The average molecular weight is 267 g/mol. The Bertz CT molecular complexity index is 421. The number of nitrogens with one attached hydrogen (secondary N) is 1. The molecule has 1 unspecified atom stereocenters. The third kappa shape index (κ3) is 4.89. The number of carbonyl (C=O) groups excluding carboxylic acids is 1. The number of halogens is 1. The highest BCUT2D eigenvalue weighted by Crippen LogP contribution is 2.16. The molecule has 0 bridgehead atoms. The molecule has 0 aliphatic carbocycles. The maximum atomic E-state index is 13.5. The molecular weight excluding hydrogens is 245 g/mol. The SMILES string of the molecule is CCCCC(CC)CNC(=O)c1ccc(O)cc1F. The second kappa shape index (κ2) is 7.77. The van der Waals surface area contributed by atoms with Gasteiger partial charge in [-0.2, -0.15) is 0 Å². The van der Waals surface area contributed by atoms with Gasteiger partial charge in [-0.1, -0.05) is 33.1 Å². The average Bonchev–Trinajstić information content (AvgIpc) is 2.38. The predicted octanol–water partition coefficient (Wildman–Crippen LogP) is 3.48. The lowest BCUT2D eigenvalue weighted by Gasteiger charge is -2.15. The lowest BCUT2D eigenvalue weighted by Crippen LogP contribution is -2.29. The molecule has 19 heavy (non-hydrogen) atoms. The van der Waals surface area contributed by atoms with E-state index in [9.17, 15) is 9.18 Å². The Kier molecular flexibility index (Phi) is 6.33. The minimum Gasteiger partial charge on any atom is -0.508 e. The van der Waals surface area contributed by atoms with Crippen molar-refractivity contribution in [2.45, 2.75) is 39.5 Å². The molecule has 0 aromatic heterocycles. The number of benzene rings is 1. The predicted molar refractivity (Wildman–Crippen MR) is 73.7 cm³/mol. The number of phenolic OH excluding ortho intramolecular Hbond substituents is 1. The van der Waals surface area contributed by atoms with Crippen LogP contribution in [0.2, 0.25) is 0 Å². The maximum Gasteiger partial charge on any atom is 0.254 e. The summed E-state index contributed by atoms with van der Waals surface area (Å²) in [5, 5.41) is 11.9. The number of hydrogen-bond acceptors (Lipinski definition) is 2. The van der Waals surface area contributed by atoms with E-state index in [1.807, 2.05) is 0 Å². The van der Waals surface area contributed by atoms with E-state index in [0.29, 0.717) is 12.5 Å². The van der Waals surface area contributed by atoms with Crippen LogP contribution in [-0.2, 0) is 0 Å². The molecule has 1 amide bonds. The van der Waals surface area contributed by atoms with E-state index in [-0.39, 0.29) is 11.3 Å². The highest BCUT2D eigenvalue weighted by Gasteiger charge is 2.13.